The highest BCUT2D eigenvalue weighted by atomic mass is 32.2. The zero-order valence-corrected chi connectivity index (χ0v) is 12.0. The van der Waals surface area contributed by atoms with Crippen molar-refractivity contribution in [3.05, 3.63) is 16.6 Å². The number of thiazole rings is 1. The first-order chi connectivity index (χ1) is 8.09. The minimum Gasteiger partial charge on any atom is -0.309 e. The molecule has 6 heteroatoms. The Hall–Kier alpha value is -0.460. The van der Waals surface area contributed by atoms with E-state index in [0.717, 1.165) is 13.0 Å². The van der Waals surface area contributed by atoms with Crippen LogP contribution in [-0.4, -0.2) is 31.5 Å². The quantitative estimate of drug-likeness (QED) is 0.789. The molecule has 0 aliphatic rings. The third-order valence-electron chi connectivity index (χ3n) is 2.63. The monoisotopic (exact) mass is 276 g/mol. The highest BCUT2D eigenvalue weighted by Crippen LogP contribution is 2.22. The second kappa shape index (κ2) is 7.08. The molecule has 1 N–H and O–H groups in total. The fourth-order valence-corrected chi connectivity index (χ4v) is 3.27. The molecular formula is C11H20N2O2S2. The van der Waals surface area contributed by atoms with Gasteiger partial charge in [0, 0.05) is 22.9 Å². The Bertz CT molecular complexity index is 401. The lowest BCUT2D eigenvalue weighted by Crippen LogP contribution is -2.21. The number of nitrogens with one attached hydrogen (secondary N) is 1. The molecule has 4 nitrogen and oxygen atoms in total. The molecule has 0 amide bonds. The summed E-state index contributed by atoms with van der Waals surface area (Å²) in [7, 11) is -2.84. The van der Waals surface area contributed by atoms with Crippen LogP contribution < -0.4 is 5.32 Å². The van der Waals surface area contributed by atoms with Gasteiger partial charge < -0.3 is 5.32 Å². The van der Waals surface area contributed by atoms with Crippen LogP contribution in [0.2, 0.25) is 0 Å². The minimum absolute atomic E-state index is 0.236. The summed E-state index contributed by atoms with van der Waals surface area (Å²) in [6.45, 7) is 4.63. The molecule has 0 bridgehead atoms. The van der Waals surface area contributed by atoms with E-state index in [0.29, 0.717) is 6.42 Å². The van der Waals surface area contributed by atoms with Gasteiger partial charge in [-0.25, -0.2) is 8.42 Å². The molecule has 0 aliphatic carbocycles. The van der Waals surface area contributed by atoms with E-state index in [1.807, 2.05) is 11.7 Å². The normalized spacial score (nSPS) is 13.8. The first-order valence-electron chi connectivity index (χ1n) is 5.91. The van der Waals surface area contributed by atoms with Crippen molar-refractivity contribution >= 4 is 21.2 Å². The topological polar surface area (TPSA) is 59.1 Å². The standard InChI is InChI=1S/C11H20N2O2S2/c1-3-13-10(11-8-12-9-16-11)6-5-7-17(14,15)4-2/h8-10,13H,3-7H2,1-2H3. The molecular weight excluding hydrogens is 256 g/mol. The van der Waals surface area contributed by atoms with Crippen LogP contribution in [0.4, 0.5) is 0 Å². The Balaban J connectivity index is 2.46. The number of nitrogens with zero attached hydrogens (tertiary/aromatic N) is 1. The van der Waals surface area contributed by atoms with Crippen molar-refractivity contribution in [3.8, 4) is 0 Å². The molecule has 0 aliphatic heterocycles. The van der Waals surface area contributed by atoms with E-state index in [9.17, 15) is 8.42 Å². The SMILES string of the molecule is CCNC(CCCS(=O)(=O)CC)c1cncs1. The first-order valence-corrected chi connectivity index (χ1v) is 8.61. The van der Waals surface area contributed by atoms with Gasteiger partial charge in [0.15, 0.2) is 0 Å². The molecule has 1 heterocycles. The van der Waals surface area contributed by atoms with Crippen LogP contribution in [-0.2, 0) is 9.84 Å². The van der Waals surface area contributed by atoms with Crippen molar-refractivity contribution in [1.82, 2.24) is 10.3 Å². The average molecular weight is 276 g/mol. The third-order valence-corrected chi connectivity index (χ3v) is 5.31. The molecule has 0 aromatic carbocycles. The summed E-state index contributed by atoms with van der Waals surface area (Å²) >= 11 is 1.61. The molecule has 1 atom stereocenters. The molecule has 0 radical (unpaired) electrons. The summed E-state index contributed by atoms with van der Waals surface area (Å²) in [6.07, 6.45) is 3.40. The summed E-state index contributed by atoms with van der Waals surface area (Å²) in [5.74, 6) is 0.517. The highest BCUT2D eigenvalue weighted by Gasteiger charge is 2.14. The van der Waals surface area contributed by atoms with E-state index in [-0.39, 0.29) is 17.5 Å². The number of hydrogen-bond acceptors (Lipinski definition) is 5. The van der Waals surface area contributed by atoms with E-state index >= 15 is 0 Å². The predicted octanol–water partition coefficient (Wildman–Crippen LogP) is 2.01. The Labute approximate surface area is 107 Å². The number of sulfone groups is 1. The second-order valence-corrected chi connectivity index (χ2v) is 7.28. The Morgan fingerprint density at radius 2 is 2.24 bits per heavy atom. The zero-order valence-electron chi connectivity index (χ0n) is 10.3. The van der Waals surface area contributed by atoms with Gasteiger partial charge in [-0.1, -0.05) is 13.8 Å². The van der Waals surface area contributed by atoms with Crippen molar-refractivity contribution in [2.24, 2.45) is 0 Å². The number of aromatic nitrogens is 1. The van der Waals surface area contributed by atoms with Crippen LogP contribution in [0, 0.1) is 0 Å². The summed E-state index contributed by atoms with van der Waals surface area (Å²) in [4.78, 5) is 5.24. The summed E-state index contributed by atoms with van der Waals surface area (Å²) < 4.78 is 22.8. The summed E-state index contributed by atoms with van der Waals surface area (Å²) in [6, 6.07) is 0.236. The van der Waals surface area contributed by atoms with Crippen molar-refractivity contribution in [1.29, 1.82) is 0 Å². The lowest BCUT2D eigenvalue weighted by atomic mass is 10.1. The van der Waals surface area contributed by atoms with Crippen LogP contribution >= 0.6 is 11.3 Å². The molecule has 0 saturated heterocycles. The molecule has 0 fully saturated rings. The van der Waals surface area contributed by atoms with E-state index in [4.69, 9.17) is 0 Å². The molecule has 1 aromatic heterocycles. The summed E-state index contributed by atoms with van der Waals surface area (Å²) in [5, 5.41) is 3.36. The first kappa shape index (κ1) is 14.6. The Kier molecular flexibility index (Phi) is 6.08. The lowest BCUT2D eigenvalue weighted by molar-refractivity contribution is 0.513. The fraction of sp³-hybridized carbons (Fsp3) is 0.727. The minimum atomic E-state index is -2.84. The van der Waals surface area contributed by atoms with Crippen LogP contribution in [0.5, 0.6) is 0 Å². The van der Waals surface area contributed by atoms with E-state index < -0.39 is 9.84 Å². The van der Waals surface area contributed by atoms with Crippen molar-refractivity contribution in [3.63, 3.8) is 0 Å². The Morgan fingerprint density at radius 3 is 2.76 bits per heavy atom. The van der Waals surface area contributed by atoms with E-state index in [2.05, 4.69) is 17.2 Å². The van der Waals surface area contributed by atoms with Crippen molar-refractivity contribution in [2.45, 2.75) is 32.7 Å². The van der Waals surface area contributed by atoms with Gasteiger partial charge in [0.2, 0.25) is 0 Å². The van der Waals surface area contributed by atoms with Crippen LogP contribution in [0.15, 0.2) is 11.7 Å². The molecule has 98 valence electrons. The zero-order chi connectivity index (χ0) is 12.7. The number of rotatable bonds is 8. The third kappa shape index (κ3) is 5.14. The second-order valence-electron chi connectivity index (χ2n) is 3.89. The Morgan fingerprint density at radius 1 is 1.47 bits per heavy atom. The maximum Gasteiger partial charge on any atom is 0.150 e. The lowest BCUT2D eigenvalue weighted by Gasteiger charge is -2.15. The smallest absolute Gasteiger partial charge is 0.150 e. The van der Waals surface area contributed by atoms with Gasteiger partial charge in [-0.05, 0) is 19.4 Å². The molecule has 17 heavy (non-hydrogen) atoms. The van der Waals surface area contributed by atoms with Crippen LogP contribution in [0.1, 0.15) is 37.6 Å². The van der Waals surface area contributed by atoms with Gasteiger partial charge in [0.25, 0.3) is 0 Å². The van der Waals surface area contributed by atoms with Crippen LogP contribution in [0.3, 0.4) is 0 Å². The molecule has 0 saturated carbocycles. The van der Waals surface area contributed by atoms with Gasteiger partial charge in [-0.3, -0.25) is 4.98 Å². The maximum absolute atomic E-state index is 11.4. The van der Waals surface area contributed by atoms with Crippen LogP contribution in [0.25, 0.3) is 0 Å². The van der Waals surface area contributed by atoms with Crippen molar-refractivity contribution in [2.75, 3.05) is 18.1 Å². The van der Waals surface area contributed by atoms with Crippen molar-refractivity contribution < 1.29 is 8.42 Å². The molecule has 1 aromatic rings. The highest BCUT2D eigenvalue weighted by molar-refractivity contribution is 7.91. The largest absolute Gasteiger partial charge is 0.309 e. The molecule has 1 rings (SSSR count). The van der Waals surface area contributed by atoms with Gasteiger partial charge in [-0.2, -0.15) is 0 Å². The van der Waals surface area contributed by atoms with Gasteiger partial charge in [-0.15, -0.1) is 11.3 Å². The van der Waals surface area contributed by atoms with E-state index in [1.54, 1.807) is 18.3 Å². The van der Waals surface area contributed by atoms with Gasteiger partial charge in [0.05, 0.1) is 11.3 Å². The average Bonchev–Trinajstić information content (AvgIpc) is 2.81. The fourth-order valence-electron chi connectivity index (χ4n) is 1.64. The summed E-state index contributed by atoms with van der Waals surface area (Å²) in [5.41, 5.74) is 1.81. The molecule has 1 unspecified atom stereocenters. The maximum atomic E-state index is 11.4. The van der Waals surface area contributed by atoms with Gasteiger partial charge in [0.1, 0.15) is 9.84 Å². The number of hydrogen-bond donors (Lipinski definition) is 1. The van der Waals surface area contributed by atoms with Gasteiger partial charge >= 0.3 is 0 Å². The van der Waals surface area contributed by atoms with E-state index in [1.165, 1.54) is 4.88 Å². The predicted molar refractivity (Wildman–Crippen MR) is 72.1 cm³/mol. The molecule has 0 spiro atoms.